The number of ether oxygens (including phenoxy) is 9. The minimum Gasteiger partial charge on any atom is -0.408 e. The predicted molar refractivity (Wildman–Crippen MR) is 353 cm³/mol. The summed E-state index contributed by atoms with van der Waals surface area (Å²) in [5.41, 5.74) is -8.72. The summed E-state index contributed by atoms with van der Waals surface area (Å²) < 4.78 is 127. The fourth-order valence-corrected chi connectivity index (χ4v) is 15.7. The Kier molecular flexibility index (Phi) is 25.6. The van der Waals surface area contributed by atoms with Gasteiger partial charge in [0.1, 0.15) is 60.0 Å². The van der Waals surface area contributed by atoms with E-state index >= 15 is 0 Å². The molecule has 0 saturated carbocycles. The van der Waals surface area contributed by atoms with E-state index in [1.54, 1.807) is 20.1 Å². The number of aliphatic hydroxyl groups excluding tert-OH is 1. The first-order chi connectivity index (χ1) is 46.3. The first-order valence-corrected chi connectivity index (χ1v) is 37.1. The van der Waals surface area contributed by atoms with Crippen molar-refractivity contribution in [2.45, 2.75) is 170 Å². The molecular formula is C59H90N10O27P2Si. The van der Waals surface area contributed by atoms with Crippen LogP contribution in [0.15, 0.2) is 97.4 Å². The third-order valence-corrected chi connectivity index (χ3v) is 25.6. The zero-order chi connectivity index (χ0) is 71.5. The van der Waals surface area contributed by atoms with Crippen LogP contribution in [0.4, 0.5) is 0 Å². The van der Waals surface area contributed by atoms with Crippen molar-refractivity contribution in [2.75, 3.05) is 82.2 Å². The number of H-pyrrole nitrogens is 4. The number of aromatic nitrogens is 8. The summed E-state index contributed by atoms with van der Waals surface area (Å²) in [6.45, 7) is 14.3. The Morgan fingerprint density at radius 3 is 1.24 bits per heavy atom. The van der Waals surface area contributed by atoms with Crippen LogP contribution in [0.5, 0.6) is 0 Å². The van der Waals surface area contributed by atoms with Crippen LogP contribution < -0.4 is 45.0 Å². The molecule has 0 radical (unpaired) electrons. The Bertz CT molecular complexity index is 4080. The van der Waals surface area contributed by atoms with Gasteiger partial charge in [-0.15, -0.1) is 0 Å². The van der Waals surface area contributed by atoms with E-state index in [0.717, 1.165) is 59.3 Å². The molecule has 37 nitrogen and oxygen atoms in total. The molecule has 11 rings (SSSR count). The van der Waals surface area contributed by atoms with E-state index in [2.05, 4.69) is 45.7 Å². The molecule has 5 fully saturated rings. The molecule has 5 N–H and O–H groups in total. The van der Waals surface area contributed by atoms with Crippen molar-refractivity contribution in [3.63, 3.8) is 0 Å². The van der Waals surface area contributed by atoms with Crippen LogP contribution in [-0.4, -0.2) is 218 Å². The van der Waals surface area contributed by atoms with Gasteiger partial charge >= 0.3 is 38.4 Å². The van der Waals surface area contributed by atoms with E-state index in [4.69, 9.17) is 79.2 Å². The van der Waals surface area contributed by atoms with Crippen molar-refractivity contribution in [1.29, 1.82) is 0 Å². The van der Waals surface area contributed by atoms with E-state index in [9.17, 15) is 52.6 Å². The lowest BCUT2D eigenvalue weighted by Gasteiger charge is -2.43. The number of aromatic amines is 4. The van der Waals surface area contributed by atoms with Crippen molar-refractivity contribution < 1.29 is 88.4 Å². The predicted octanol–water partition coefficient (Wildman–Crippen LogP) is 1.50. The number of fused-ring (bicyclic) bond motifs is 2. The Morgan fingerprint density at radius 1 is 0.545 bits per heavy atom. The average Bonchev–Trinajstić information content (AvgIpc) is 1.60. The smallest absolute Gasteiger partial charge is 0.408 e. The van der Waals surface area contributed by atoms with Gasteiger partial charge in [-0.2, -0.15) is 0 Å². The molecule has 40 heteroatoms. The standard InChI is InChI=1S/C30H46N5O13PSi.C24H32N5O13P.C4H8O.CH4/c1-17-14-31-15-30(24(48-50(8,9)29(2,3)4)23(42-6)26(46-30)35-13-11-19(37)33-28(35)39)16-44-49(40,43-7)47-21-20(17)45-25(22(21)41-5)34-12-10-18(36)32-27(34)38;1-12-9-25-10-24(19(32)18(37-3)21(41-24)29-8-6-14(31)27-23(29)34)11-39-43(35,38-4)42-16-15(12)40-20(17(16)36-2)28-7-5-13(30)26-22(28)33;1-2-4-5-3-1;/h10-14,17,20-26H,15-16H2,1-9H3,(H,32,36,38)(H,33,37,39);5-9,12,15-21,32H,10-11H2,1-4H3,(H,26,30,33)(H,27,31,34);1-4H2;1H4/t17-,20+,21+,22+,23+,24-,25+,26+,30+,49?;12-,15+,16+,17+,18+,19-,20+,21+,24+,43?;;/m00../s1. The molecule has 99 heavy (non-hydrogen) atoms. The van der Waals surface area contributed by atoms with Crippen molar-refractivity contribution in [1.82, 2.24) is 38.2 Å². The third-order valence-electron chi connectivity index (χ3n) is 18.4. The van der Waals surface area contributed by atoms with Gasteiger partial charge in [-0.25, -0.2) is 28.3 Å². The highest BCUT2D eigenvalue weighted by Gasteiger charge is 2.63. The number of phosphoric acid groups is 2. The fourth-order valence-electron chi connectivity index (χ4n) is 12.1. The van der Waals surface area contributed by atoms with E-state index in [0.29, 0.717) is 0 Å². The number of aliphatic imine (C=N–C) groups is 2. The molecule has 0 bridgehead atoms. The highest BCUT2D eigenvalue weighted by Crippen LogP contribution is 2.57. The number of nitrogens with zero attached hydrogens (tertiary/aromatic N) is 6. The first-order valence-electron chi connectivity index (χ1n) is 31.3. The summed E-state index contributed by atoms with van der Waals surface area (Å²) in [6, 6.07) is 4.60. The number of hydrogen-bond donors (Lipinski definition) is 5. The number of methoxy groups -OCH3 is 4. The molecular weight excluding hydrogens is 1370 g/mol. The van der Waals surface area contributed by atoms with Crippen molar-refractivity contribution in [3.8, 4) is 0 Å². The van der Waals surface area contributed by atoms with E-state index in [-0.39, 0.29) is 25.6 Å². The molecule has 552 valence electrons. The average molecular weight is 1460 g/mol. The quantitative estimate of drug-likeness (QED) is 0.0991. The molecule has 7 aliphatic heterocycles. The van der Waals surface area contributed by atoms with Crippen LogP contribution in [-0.2, 0) is 83.3 Å². The normalized spacial score (nSPS) is 35.6. The number of rotatable bonds is 12. The van der Waals surface area contributed by atoms with Gasteiger partial charge in [0.25, 0.3) is 22.2 Å². The van der Waals surface area contributed by atoms with Crippen LogP contribution in [0.25, 0.3) is 0 Å². The van der Waals surface area contributed by atoms with Gasteiger partial charge in [-0.3, -0.25) is 94.5 Å². The first kappa shape index (κ1) is 78.8. The van der Waals surface area contributed by atoms with Crippen LogP contribution in [0.1, 0.15) is 79.8 Å². The zero-order valence-corrected chi connectivity index (χ0v) is 59.1. The largest absolute Gasteiger partial charge is 0.475 e. The maximum absolute atomic E-state index is 14.4. The summed E-state index contributed by atoms with van der Waals surface area (Å²) in [5.74, 6) is -1.11. The molecule has 7 aliphatic rings. The SMILES string of the molecule is C.C1CCOC1.CO[C@@H]1[C@@H]2OP(=O)(OC)OC[C@@]3(CN=C[C@H](C)[C@H]2O[C@H]1n1ccc(=O)[nH]c1=O)O[C@@H](n1ccc(=O)[nH]c1=O)[C@H](OC)[C@@H]3O.CO[C@@H]1[C@@H]2OP(=O)(OC)OC[C@@]3(CN=C[C@H](C)[C@H]2O[C@H]1n1ccc(=O)[nH]c1=O)O[C@@H](n1ccc(=O)[nH]c1=O)[C@H](OC)[C@@H]3O[Si](C)(C)C(C)(C)C. The molecule has 0 aliphatic carbocycles. The molecule has 2 spiro atoms. The van der Waals surface area contributed by atoms with Gasteiger partial charge in [-0.1, -0.05) is 42.0 Å². The summed E-state index contributed by atoms with van der Waals surface area (Å²) in [4.78, 5) is 116. The minimum atomic E-state index is -4.48. The molecule has 11 heterocycles. The molecule has 2 unspecified atom stereocenters. The summed E-state index contributed by atoms with van der Waals surface area (Å²) in [6.07, 6.45) is -4.44. The van der Waals surface area contributed by atoms with Gasteiger partial charge in [0.15, 0.2) is 33.2 Å². The van der Waals surface area contributed by atoms with Crippen LogP contribution in [0, 0.1) is 11.8 Å². The van der Waals surface area contributed by atoms with Crippen molar-refractivity contribution in [2.24, 2.45) is 21.8 Å². The third kappa shape index (κ3) is 16.8. The summed E-state index contributed by atoms with van der Waals surface area (Å²) in [5, 5.41) is 11.1. The second-order valence-corrected chi connectivity index (χ2v) is 33.9. The van der Waals surface area contributed by atoms with E-state index in [1.165, 1.54) is 82.9 Å². The molecule has 5 saturated heterocycles. The highest BCUT2D eigenvalue weighted by atomic mass is 31.2. The lowest BCUT2D eigenvalue weighted by atomic mass is 9.95. The van der Waals surface area contributed by atoms with Gasteiger partial charge < -0.3 is 52.2 Å². The Balaban J connectivity index is 0.000000235. The lowest BCUT2D eigenvalue weighted by molar-refractivity contribution is -0.124. The minimum absolute atomic E-state index is 0. The Hall–Kier alpha value is -5.94. The van der Waals surface area contributed by atoms with Crippen molar-refractivity contribution in [3.05, 3.63) is 132 Å². The second kappa shape index (κ2) is 32.2. The van der Waals surface area contributed by atoms with Crippen LogP contribution in [0.2, 0.25) is 18.1 Å². The van der Waals surface area contributed by atoms with Gasteiger partial charge in [0.2, 0.25) is 0 Å². The summed E-state index contributed by atoms with van der Waals surface area (Å²) >= 11 is 0. The number of aliphatic hydroxyl groups is 1. The molecule has 4 aromatic heterocycles. The van der Waals surface area contributed by atoms with Gasteiger partial charge in [0.05, 0.1) is 38.5 Å². The monoisotopic (exact) mass is 1460 g/mol. The topological polar surface area (TPSA) is 446 Å². The zero-order valence-electron chi connectivity index (χ0n) is 56.3. The second-order valence-electron chi connectivity index (χ2n) is 25.7. The maximum Gasteiger partial charge on any atom is 0.475 e. The number of phosphoric ester groups is 2. The van der Waals surface area contributed by atoms with E-state index < -0.39 is 191 Å². The molecule has 0 aromatic carbocycles. The molecule has 20 atom stereocenters. The van der Waals surface area contributed by atoms with E-state index in [1.807, 2.05) is 13.1 Å². The molecule has 4 aromatic rings. The highest BCUT2D eigenvalue weighted by molar-refractivity contribution is 7.48. The Morgan fingerprint density at radius 2 is 0.899 bits per heavy atom. The van der Waals surface area contributed by atoms with Crippen LogP contribution in [0.3, 0.4) is 0 Å². The maximum atomic E-state index is 14.4. The van der Waals surface area contributed by atoms with Gasteiger partial charge in [-0.05, 0) is 31.0 Å². The lowest BCUT2D eigenvalue weighted by Crippen LogP contribution is -2.57. The van der Waals surface area contributed by atoms with Crippen LogP contribution >= 0.6 is 15.6 Å². The number of nitrogens with one attached hydrogen (secondary N) is 4. The van der Waals surface area contributed by atoms with Crippen molar-refractivity contribution >= 4 is 36.4 Å². The van der Waals surface area contributed by atoms with Gasteiger partial charge in [0, 0.05) is 129 Å². The summed E-state index contributed by atoms with van der Waals surface area (Å²) in [7, 11) is -3.86. The fraction of sp³-hybridized carbons (Fsp3) is 0.695. The molecule has 0 amide bonds. The Labute approximate surface area is 567 Å². The number of hydrogen-bond acceptors (Lipinski definition) is 29.